The molecule has 1 amide bonds. The monoisotopic (exact) mass is 311 g/mol. The van der Waals surface area contributed by atoms with E-state index >= 15 is 0 Å². The van der Waals surface area contributed by atoms with Crippen molar-refractivity contribution >= 4 is 28.5 Å². The highest BCUT2D eigenvalue weighted by Gasteiger charge is 2.25. The number of rotatable bonds is 4. The van der Waals surface area contributed by atoms with E-state index in [0.717, 1.165) is 23.9 Å². The lowest BCUT2D eigenvalue weighted by Crippen LogP contribution is -2.44. The molecular formula is C10H18INO2. The van der Waals surface area contributed by atoms with Crippen molar-refractivity contribution in [3.05, 3.63) is 0 Å². The van der Waals surface area contributed by atoms with Gasteiger partial charge in [0.15, 0.2) is 0 Å². The Balaban J connectivity index is 2.37. The smallest absolute Gasteiger partial charge is 0.249 e. The van der Waals surface area contributed by atoms with Gasteiger partial charge in [-0.25, -0.2) is 0 Å². The Labute approximate surface area is 99.1 Å². The first-order valence-corrected chi connectivity index (χ1v) is 6.65. The molecule has 0 spiro atoms. The van der Waals surface area contributed by atoms with Gasteiger partial charge >= 0.3 is 0 Å². The van der Waals surface area contributed by atoms with Crippen LogP contribution in [-0.2, 0) is 9.53 Å². The third-order valence-corrected chi connectivity index (χ3v) is 3.47. The van der Waals surface area contributed by atoms with E-state index in [0.29, 0.717) is 5.92 Å². The average Bonchev–Trinajstić information content (AvgIpc) is 2.65. The Morgan fingerprint density at radius 1 is 1.64 bits per heavy atom. The van der Waals surface area contributed by atoms with E-state index in [9.17, 15) is 4.79 Å². The summed E-state index contributed by atoms with van der Waals surface area (Å²) in [5, 5.41) is 3.04. The molecular weight excluding hydrogens is 293 g/mol. The van der Waals surface area contributed by atoms with Crippen molar-refractivity contribution in [3.8, 4) is 0 Å². The van der Waals surface area contributed by atoms with Crippen LogP contribution in [0, 0.1) is 5.92 Å². The second-order valence-electron chi connectivity index (χ2n) is 4.02. The summed E-state index contributed by atoms with van der Waals surface area (Å²) in [7, 11) is 0. The number of alkyl halides is 1. The lowest BCUT2D eigenvalue weighted by Gasteiger charge is -2.21. The van der Waals surface area contributed by atoms with Crippen LogP contribution in [0.25, 0.3) is 0 Å². The molecule has 3 nitrogen and oxygen atoms in total. The molecule has 1 aliphatic heterocycles. The van der Waals surface area contributed by atoms with Gasteiger partial charge in [-0.2, -0.15) is 0 Å². The first-order chi connectivity index (χ1) is 6.65. The molecule has 0 radical (unpaired) electrons. The number of halogens is 1. The highest BCUT2D eigenvalue weighted by molar-refractivity contribution is 14.1. The average molecular weight is 311 g/mol. The molecule has 1 aliphatic rings. The second kappa shape index (κ2) is 5.90. The van der Waals surface area contributed by atoms with Gasteiger partial charge in [0.05, 0.1) is 0 Å². The number of amides is 1. The van der Waals surface area contributed by atoms with E-state index in [1.807, 2.05) is 0 Å². The number of carbonyl (C=O) groups excluding carboxylic acids is 1. The highest BCUT2D eigenvalue weighted by atomic mass is 127. The van der Waals surface area contributed by atoms with Crippen molar-refractivity contribution < 1.29 is 9.53 Å². The molecule has 2 unspecified atom stereocenters. The third-order valence-electron chi connectivity index (χ3n) is 2.52. The summed E-state index contributed by atoms with van der Waals surface area (Å²) >= 11 is 2.31. The first kappa shape index (κ1) is 12.2. The summed E-state index contributed by atoms with van der Waals surface area (Å²) in [4.78, 5) is 11.7. The third kappa shape index (κ3) is 3.38. The van der Waals surface area contributed by atoms with Gasteiger partial charge in [0, 0.05) is 17.1 Å². The summed E-state index contributed by atoms with van der Waals surface area (Å²) in [6, 6.07) is 0.271. The number of nitrogens with one attached hydrogen (secondary N) is 1. The predicted octanol–water partition coefficient (Wildman–Crippen LogP) is 1.74. The van der Waals surface area contributed by atoms with E-state index in [1.165, 1.54) is 0 Å². The molecule has 14 heavy (non-hydrogen) atoms. The van der Waals surface area contributed by atoms with E-state index in [1.54, 1.807) is 0 Å². The van der Waals surface area contributed by atoms with E-state index < -0.39 is 0 Å². The van der Waals surface area contributed by atoms with Crippen molar-refractivity contribution in [2.24, 2.45) is 5.92 Å². The number of carbonyl (C=O) groups is 1. The van der Waals surface area contributed by atoms with Crippen molar-refractivity contribution in [2.75, 3.05) is 11.0 Å². The van der Waals surface area contributed by atoms with Crippen LogP contribution >= 0.6 is 22.6 Å². The summed E-state index contributed by atoms with van der Waals surface area (Å²) in [6.45, 7) is 4.98. The van der Waals surface area contributed by atoms with Crippen LogP contribution in [0.3, 0.4) is 0 Å². The van der Waals surface area contributed by atoms with Gasteiger partial charge in [0.25, 0.3) is 0 Å². The van der Waals surface area contributed by atoms with Crippen molar-refractivity contribution in [1.29, 1.82) is 0 Å². The largest absolute Gasteiger partial charge is 0.368 e. The van der Waals surface area contributed by atoms with Gasteiger partial charge in [0.2, 0.25) is 5.91 Å². The lowest BCUT2D eigenvalue weighted by atomic mass is 10.1. The van der Waals surface area contributed by atoms with Gasteiger partial charge < -0.3 is 10.1 Å². The molecule has 1 heterocycles. The van der Waals surface area contributed by atoms with E-state index in [-0.39, 0.29) is 18.1 Å². The summed E-state index contributed by atoms with van der Waals surface area (Å²) in [6.07, 6.45) is 1.69. The molecule has 1 saturated heterocycles. The van der Waals surface area contributed by atoms with Crippen LogP contribution in [-0.4, -0.2) is 29.1 Å². The maximum Gasteiger partial charge on any atom is 0.249 e. The predicted molar refractivity (Wildman–Crippen MR) is 64.6 cm³/mol. The molecule has 0 aliphatic carbocycles. The molecule has 0 aromatic rings. The topological polar surface area (TPSA) is 38.3 Å². The number of ether oxygens (including phenoxy) is 1. The van der Waals surface area contributed by atoms with Crippen LogP contribution in [0.15, 0.2) is 0 Å². The standard InChI is InChI=1S/C10H18INO2/c1-7(2)8(6-11)12-10(13)9-4-3-5-14-9/h7-9H,3-6H2,1-2H3,(H,12,13). The zero-order valence-corrected chi connectivity index (χ0v) is 10.9. The van der Waals surface area contributed by atoms with E-state index in [4.69, 9.17) is 4.74 Å². The Kier molecular flexibility index (Phi) is 5.15. The second-order valence-corrected chi connectivity index (χ2v) is 4.90. The minimum absolute atomic E-state index is 0.0675. The van der Waals surface area contributed by atoms with Crippen molar-refractivity contribution in [3.63, 3.8) is 0 Å². The Bertz CT molecular complexity index is 191. The highest BCUT2D eigenvalue weighted by Crippen LogP contribution is 2.13. The Hall–Kier alpha value is 0.160. The molecule has 2 atom stereocenters. The van der Waals surface area contributed by atoms with Crippen LogP contribution in [0.4, 0.5) is 0 Å². The van der Waals surface area contributed by atoms with Gasteiger partial charge in [-0.15, -0.1) is 0 Å². The Morgan fingerprint density at radius 2 is 2.36 bits per heavy atom. The Morgan fingerprint density at radius 3 is 2.79 bits per heavy atom. The molecule has 0 saturated carbocycles. The molecule has 1 N–H and O–H groups in total. The maximum atomic E-state index is 11.7. The fourth-order valence-electron chi connectivity index (χ4n) is 1.44. The minimum Gasteiger partial charge on any atom is -0.368 e. The summed E-state index contributed by atoms with van der Waals surface area (Å²) in [5.74, 6) is 0.551. The van der Waals surface area contributed by atoms with E-state index in [2.05, 4.69) is 41.8 Å². The normalized spacial score (nSPS) is 23.9. The quantitative estimate of drug-likeness (QED) is 0.634. The van der Waals surface area contributed by atoms with Crippen molar-refractivity contribution in [1.82, 2.24) is 5.32 Å². The van der Waals surface area contributed by atoms with Gasteiger partial charge in [-0.05, 0) is 18.8 Å². The summed E-state index contributed by atoms with van der Waals surface area (Å²) < 4.78 is 6.28. The van der Waals surface area contributed by atoms with Gasteiger partial charge in [-0.1, -0.05) is 36.4 Å². The minimum atomic E-state index is -0.195. The van der Waals surface area contributed by atoms with Crippen LogP contribution < -0.4 is 5.32 Å². The fourth-order valence-corrected chi connectivity index (χ4v) is 2.68. The zero-order chi connectivity index (χ0) is 10.6. The SMILES string of the molecule is CC(C)C(CI)NC(=O)C1CCCO1. The number of hydrogen-bond donors (Lipinski definition) is 1. The summed E-state index contributed by atoms with van der Waals surface area (Å²) in [5.41, 5.74) is 0. The molecule has 0 aromatic heterocycles. The maximum absolute atomic E-state index is 11.7. The van der Waals surface area contributed by atoms with Gasteiger partial charge in [-0.3, -0.25) is 4.79 Å². The van der Waals surface area contributed by atoms with Crippen LogP contribution in [0.1, 0.15) is 26.7 Å². The molecule has 1 fully saturated rings. The molecule has 0 bridgehead atoms. The number of hydrogen-bond acceptors (Lipinski definition) is 2. The molecule has 0 aromatic carbocycles. The molecule has 1 rings (SSSR count). The van der Waals surface area contributed by atoms with Crippen LogP contribution in [0.5, 0.6) is 0 Å². The van der Waals surface area contributed by atoms with Gasteiger partial charge in [0.1, 0.15) is 6.10 Å². The lowest BCUT2D eigenvalue weighted by molar-refractivity contribution is -0.130. The molecule has 82 valence electrons. The van der Waals surface area contributed by atoms with Crippen LogP contribution in [0.2, 0.25) is 0 Å². The zero-order valence-electron chi connectivity index (χ0n) is 8.75. The fraction of sp³-hybridized carbons (Fsp3) is 0.900. The van der Waals surface area contributed by atoms with Crippen molar-refractivity contribution in [2.45, 2.75) is 38.8 Å². The first-order valence-electron chi connectivity index (χ1n) is 5.13. The molecule has 4 heteroatoms.